The van der Waals surface area contributed by atoms with E-state index in [-0.39, 0.29) is 31.7 Å². The van der Waals surface area contributed by atoms with Crippen molar-refractivity contribution in [1.82, 2.24) is 0 Å². The van der Waals surface area contributed by atoms with Gasteiger partial charge in [-0.15, -0.1) is 0 Å². The van der Waals surface area contributed by atoms with Crippen molar-refractivity contribution < 1.29 is 0 Å². The highest BCUT2D eigenvalue weighted by Crippen LogP contribution is 2.53. The van der Waals surface area contributed by atoms with Gasteiger partial charge in [0.05, 0.1) is 9.52 Å². The summed E-state index contributed by atoms with van der Waals surface area (Å²) in [4.78, 5) is 0. The molecule has 2 aliphatic carbocycles. The predicted octanol–water partition coefficient (Wildman–Crippen LogP) is 14.0. The first-order valence-corrected chi connectivity index (χ1v) is 21.6. The fourth-order valence-corrected chi connectivity index (χ4v) is 12.3. The van der Waals surface area contributed by atoms with Gasteiger partial charge in [0, 0.05) is 10.1 Å². The van der Waals surface area contributed by atoms with Crippen LogP contribution >= 0.6 is 0 Å². The lowest BCUT2D eigenvalue weighted by atomic mass is 9.78. The SMILES string of the molecule is CC1=Cc2c(ccc(C)c2-c2cc(C(C)(C)C)cc(C(C)(C)C)c2)C1(C)[SiH2]C1(C)C(C)=Cc2c1ccc(C)c2-c1cc(C(C)(C)C)cc(C(C)(C)C)c1. The summed E-state index contributed by atoms with van der Waals surface area (Å²) in [6.07, 6.45) is 5.13. The molecule has 0 saturated heterocycles. The van der Waals surface area contributed by atoms with Crippen LogP contribution in [0.4, 0.5) is 0 Å². The first kappa shape index (κ1) is 39.3. The fourth-order valence-electron chi connectivity index (χ4n) is 9.11. The highest BCUT2D eigenvalue weighted by Gasteiger charge is 2.47. The molecule has 0 radical (unpaired) electrons. The van der Waals surface area contributed by atoms with E-state index in [0.29, 0.717) is 0 Å². The highest BCUT2D eigenvalue weighted by atomic mass is 28.2. The Balaban J connectivity index is 1.50. The van der Waals surface area contributed by atoms with Crippen LogP contribution in [0.2, 0.25) is 0 Å². The zero-order chi connectivity index (χ0) is 39.4. The third kappa shape index (κ3) is 6.79. The summed E-state index contributed by atoms with van der Waals surface area (Å²) in [6.45, 7) is 42.8. The monoisotopic (exact) mass is 721 g/mol. The molecule has 0 nitrogen and oxygen atoms in total. The molecule has 0 bridgehead atoms. The maximum absolute atomic E-state index is 2.58. The van der Waals surface area contributed by atoms with Crippen molar-refractivity contribution in [3.8, 4) is 22.3 Å². The molecule has 4 aromatic rings. The number of rotatable bonds is 4. The molecule has 53 heavy (non-hydrogen) atoms. The van der Waals surface area contributed by atoms with Gasteiger partial charge in [-0.05, 0) is 127 Å². The minimum absolute atomic E-state index is 0.0361. The van der Waals surface area contributed by atoms with Crippen LogP contribution in [0.3, 0.4) is 0 Å². The van der Waals surface area contributed by atoms with Crippen LogP contribution in [0, 0.1) is 13.8 Å². The molecule has 2 unspecified atom stereocenters. The van der Waals surface area contributed by atoms with Crippen LogP contribution in [-0.4, -0.2) is 9.52 Å². The molecule has 0 aliphatic heterocycles. The Kier molecular flexibility index (Phi) is 9.31. The van der Waals surface area contributed by atoms with E-state index in [9.17, 15) is 0 Å². The van der Waals surface area contributed by atoms with Crippen LogP contribution in [0.1, 0.15) is 166 Å². The van der Waals surface area contributed by atoms with Crippen molar-refractivity contribution in [2.24, 2.45) is 0 Å². The molecule has 280 valence electrons. The van der Waals surface area contributed by atoms with E-state index in [4.69, 9.17) is 0 Å². The summed E-state index contributed by atoms with van der Waals surface area (Å²) >= 11 is 0. The Morgan fingerprint density at radius 2 is 0.698 bits per heavy atom. The topological polar surface area (TPSA) is 0 Å². The smallest absolute Gasteiger partial charge is 0.0544 e. The number of benzene rings is 4. The summed E-state index contributed by atoms with van der Waals surface area (Å²) < 4.78 is 0. The van der Waals surface area contributed by atoms with Gasteiger partial charge in [0.1, 0.15) is 0 Å². The largest absolute Gasteiger partial charge is 0.0658 e. The van der Waals surface area contributed by atoms with E-state index in [2.05, 4.69) is 197 Å². The van der Waals surface area contributed by atoms with E-state index in [1.165, 1.54) is 89.0 Å². The van der Waals surface area contributed by atoms with Crippen molar-refractivity contribution in [3.05, 3.63) is 127 Å². The lowest BCUT2D eigenvalue weighted by Crippen LogP contribution is -2.43. The molecule has 2 aliphatic rings. The van der Waals surface area contributed by atoms with Gasteiger partial charge >= 0.3 is 0 Å². The Morgan fingerprint density at radius 3 is 0.962 bits per heavy atom. The van der Waals surface area contributed by atoms with Gasteiger partial charge in [0.25, 0.3) is 0 Å². The Hall–Kier alpha value is -3.42. The zero-order valence-electron chi connectivity index (χ0n) is 36.6. The number of fused-ring (bicyclic) bond motifs is 2. The summed E-state index contributed by atoms with van der Waals surface area (Å²) in [5, 5.41) is 0.0721. The van der Waals surface area contributed by atoms with E-state index >= 15 is 0 Å². The van der Waals surface area contributed by atoms with Crippen molar-refractivity contribution in [2.75, 3.05) is 0 Å². The standard InChI is InChI=1S/C52H68Si/c1-31-19-21-43-41(45(31)35-25-37(47(5,6)7)29-38(26-35)48(8,9)10)23-33(3)51(43,17)53-52(18)34(4)24-42-44(52)22-20-32(2)46(42)36-27-39(49(11,12)13)30-40(28-36)50(14,15)16/h19-30H,53H2,1-18H3. The van der Waals surface area contributed by atoms with Crippen molar-refractivity contribution in [2.45, 2.75) is 156 Å². The molecule has 0 amide bonds. The Labute approximate surface area is 326 Å². The van der Waals surface area contributed by atoms with Crippen LogP contribution in [-0.2, 0) is 31.7 Å². The third-order valence-corrected chi connectivity index (χ3v) is 16.5. The zero-order valence-corrected chi connectivity index (χ0v) is 38.0. The molecule has 6 rings (SSSR count). The maximum atomic E-state index is 2.58. The highest BCUT2D eigenvalue weighted by molar-refractivity contribution is 6.48. The summed E-state index contributed by atoms with van der Waals surface area (Å²) in [5.74, 6) is 0. The number of hydrogen-bond acceptors (Lipinski definition) is 0. The number of allylic oxidation sites excluding steroid dienone is 2. The Morgan fingerprint density at radius 1 is 0.415 bits per heavy atom. The molecule has 4 aromatic carbocycles. The van der Waals surface area contributed by atoms with Gasteiger partial charge in [0.15, 0.2) is 0 Å². The van der Waals surface area contributed by atoms with E-state index in [1.54, 1.807) is 0 Å². The van der Waals surface area contributed by atoms with Gasteiger partial charge in [-0.1, -0.05) is 181 Å². The molecular weight excluding hydrogens is 653 g/mol. The van der Waals surface area contributed by atoms with Gasteiger partial charge in [-0.2, -0.15) is 0 Å². The molecule has 2 atom stereocenters. The quantitative estimate of drug-likeness (QED) is 0.184. The van der Waals surface area contributed by atoms with E-state index in [1.807, 2.05) is 0 Å². The molecule has 0 N–H and O–H groups in total. The molecule has 0 heterocycles. The van der Waals surface area contributed by atoms with Crippen molar-refractivity contribution in [1.29, 1.82) is 0 Å². The maximum Gasteiger partial charge on any atom is 0.0544 e. The van der Waals surface area contributed by atoms with E-state index < -0.39 is 9.52 Å². The Bertz CT molecular complexity index is 1970. The molecule has 1 heteroatoms. The lowest BCUT2D eigenvalue weighted by Gasteiger charge is -2.39. The molecule has 0 saturated carbocycles. The van der Waals surface area contributed by atoms with Crippen molar-refractivity contribution in [3.63, 3.8) is 0 Å². The average Bonchev–Trinajstić information content (AvgIpc) is 3.41. The van der Waals surface area contributed by atoms with Crippen molar-refractivity contribution >= 4 is 21.7 Å². The van der Waals surface area contributed by atoms with E-state index in [0.717, 1.165) is 0 Å². The average molecular weight is 721 g/mol. The normalized spacial score (nSPS) is 20.6. The van der Waals surface area contributed by atoms with Gasteiger partial charge in [0.2, 0.25) is 0 Å². The second kappa shape index (κ2) is 12.6. The minimum Gasteiger partial charge on any atom is -0.0658 e. The minimum atomic E-state index is -0.815. The summed E-state index contributed by atoms with van der Waals surface area (Å²) in [6, 6.07) is 24.6. The molecule has 0 aromatic heterocycles. The molecular formula is C52H68Si. The number of aryl methyl sites for hydroxylation is 2. The van der Waals surface area contributed by atoms with Gasteiger partial charge in [-0.25, -0.2) is 0 Å². The molecule has 0 fully saturated rings. The van der Waals surface area contributed by atoms with Gasteiger partial charge in [-0.3, -0.25) is 0 Å². The first-order valence-electron chi connectivity index (χ1n) is 20.1. The fraction of sp³-hybridized carbons (Fsp3) is 0.462. The number of hydrogen-bond donors (Lipinski definition) is 0. The van der Waals surface area contributed by atoms with Crippen LogP contribution in [0.25, 0.3) is 34.4 Å². The summed E-state index contributed by atoms with van der Waals surface area (Å²) in [5.41, 5.74) is 23.3. The first-order chi connectivity index (χ1) is 24.2. The molecule has 0 spiro atoms. The second-order valence-electron chi connectivity index (χ2n) is 21.5. The predicted molar refractivity (Wildman–Crippen MR) is 239 cm³/mol. The van der Waals surface area contributed by atoms with Gasteiger partial charge < -0.3 is 0 Å². The van der Waals surface area contributed by atoms with Crippen LogP contribution in [0.15, 0.2) is 71.8 Å². The van der Waals surface area contributed by atoms with Crippen LogP contribution in [0.5, 0.6) is 0 Å². The lowest BCUT2D eigenvalue weighted by molar-refractivity contribution is 0.568. The summed E-state index contributed by atoms with van der Waals surface area (Å²) in [7, 11) is -0.815. The van der Waals surface area contributed by atoms with Crippen LogP contribution < -0.4 is 0 Å². The third-order valence-electron chi connectivity index (χ3n) is 13.2. The second-order valence-corrected chi connectivity index (χ2v) is 24.7.